The van der Waals surface area contributed by atoms with E-state index in [0.717, 1.165) is 12.8 Å². The summed E-state index contributed by atoms with van der Waals surface area (Å²) in [7, 11) is -3.95. The highest BCUT2D eigenvalue weighted by atomic mass is 32.2. The molecule has 29 heavy (non-hydrogen) atoms. The van der Waals surface area contributed by atoms with Crippen LogP contribution in [0.2, 0.25) is 0 Å². The van der Waals surface area contributed by atoms with E-state index < -0.39 is 16.0 Å². The van der Waals surface area contributed by atoms with Crippen LogP contribution in [0, 0.1) is 19.8 Å². The van der Waals surface area contributed by atoms with Crippen molar-refractivity contribution in [3.8, 4) is 0 Å². The van der Waals surface area contributed by atoms with E-state index in [0.29, 0.717) is 37.3 Å². The molecular formula is C20H31N3O5S. The van der Waals surface area contributed by atoms with E-state index in [1.54, 1.807) is 20.8 Å². The van der Waals surface area contributed by atoms with Crippen LogP contribution < -0.4 is 5.32 Å². The van der Waals surface area contributed by atoms with Gasteiger partial charge < -0.3 is 14.6 Å². The summed E-state index contributed by atoms with van der Waals surface area (Å²) in [5.74, 6) is -1.06. The molecule has 1 amide bonds. The average molecular weight is 426 g/mol. The minimum Gasteiger partial charge on any atom is -0.462 e. The molecule has 1 aromatic rings. The van der Waals surface area contributed by atoms with Crippen molar-refractivity contribution in [1.29, 1.82) is 0 Å². The molecule has 2 heterocycles. The number of carbonyl (C=O) groups is 2. The maximum absolute atomic E-state index is 13.6. The third-order valence-electron chi connectivity index (χ3n) is 5.80. The Morgan fingerprint density at radius 3 is 2.41 bits per heavy atom. The van der Waals surface area contributed by atoms with Gasteiger partial charge in [0.2, 0.25) is 15.9 Å². The van der Waals surface area contributed by atoms with E-state index in [1.165, 1.54) is 4.31 Å². The monoisotopic (exact) mass is 425 g/mol. The Balaban J connectivity index is 1.95. The molecule has 1 saturated heterocycles. The first-order valence-corrected chi connectivity index (χ1v) is 11.8. The van der Waals surface area contributed by atoms with Crippen LogP contribution in [0.1, 0.15) is 61.3 Å². The zero-order chi connectivity index (χ0) is 21.3. The minimum atomic E-state index is -3.95. The molecule has 0 radical (unpaired) electrons. The topological polar surface area (TPSA) is 97.7 Å². The molecule has 0 spiro atoms. The van der Waals surface area contributed by atoms with E-state index >= 15 is 0 Å². The zero-order valence-electron chi connectivity index (χ0n) is 17.7. The molecule has 8 nitrogen and oxygen atoms in total. The second kappa shape index (κ2) is 8.47. The summed E-state index contributed by atoms with van der Waals surface area (Å²) < 4.78 is 35.5. The van der Waals surface area contributed by atoms with Crippen molar-refractivity contribution >= 4 is 21.9 Å². The van der Waals surface area contributed by atoms with Crippen LogP contribution in [-0.4, -0.2) is 54.9 Å². The predicted molar refractivity (Wildman–Crippen MR) is 108 cm³/mol. The molecule has 162 valence electrons. The van der Waals surface area contributed by atoms with Crippen LogP contribution >= 0.6 is 0 Å². The Bertz CT molecular complexity index is 902. The van der Waals surface area contributed by atoms with Crippen LogP contribution in [-0.2, 0) is 26.1 Å². The highest BCUT2D eigenvalue weighted by molar-refractivity contribution is 7.89. The molecule has 0 aromatic carbocycles. The SMILES string of the molecule is CCOC(=O)c1c(S(=O)(=O)N2CCC[C@@H](C(=O)NC3CC3)C2)c(C)n(CC)c1C. The third kappa shape index (κ3) is 4.21. The van der Waals surface area contributed by atoms with Gasteiger partial charge in [0, 0.05) is 37.1 Å². The van der Waals surface area contributed by atoms with Crippen molar-refractivity contribution < 1.29 is 22.7 Å². The van der Waals surface area contributed by atoms with E-state index in [9.17, 15) is 18.0 Å². The normalized spacial score (nSPS) is 20.5. The Morgan fingerprint density at radius 2 is 1.83 bits per heavy atom. The fraction of sp³-hybridized carbons (Fsp3) is 0.700. The Kier molecular flexibility index (Phi) is 6.38. The molecule has 1 aliphatic carbocycles. The van der Waals surface area contributed by atoms with E-state index in [1.807, 2.05) is 11.5 Å². The second-order valence-electron chi connectivity index (χ2n) is 7.82. The van der Waals surface area contributed by atoms with Crippen LogP contribution in [0.4, 0.5) is 0 Å². The summed E-state index contributed by atoms with van der Waals surface area (Å²) in [6.45, 7) is 8.25. The maximum Gasteiger partial charge on any atom is 0.341 e. The van der Waals surface area contributed by atoms with Gasteiger partial charge in [0.15, 0.2) is 0 Å². The average Bonchev–Trinajstić information content (AvgIpc) is 3.45. The van der Waals surface area contributed by atoms with Gasteiger partial charge in [-0.25, -0.2) is 13.2 Å². The van der Waals surface area contributed by atoms with Gasteiger partial charge in [0.1, 0.15) is 10.5 Å². The standard InChI is InChI=1S/C20H31N3O5S/c1-5-23-13(3)17(20(25)28-6-2)18(14(23)4)29(26,27)22-11-7-8-15(12-22)19(24)21-16-9-10-16/h15-16H,5-12H2,1-4H3,(H,21,24)/t15-/m1/s1. The molecule has 2 aliphatic rings. The van der Waals surface area contributed by atoms with Gasteiger partial charge in [0.05, 0.1) is 12.5 Å². The van der Waals surface area contributed by atoms with Gasteiger partial charge in [-0.05, 0) is 53.4 Å². The first kappa shape index (κ1) is 21.8. The Labute approximate surface area is 172 Å². The van der Waals surface area contributed by atoms with Gasteiger partial charge in [-0.15, -0.1) is 0 Å². The minimum absolute atomic E-state index is 0.0125. The first-order chi connectivity index (χ1) is 13.7. The summed E-state index contributed by atoms with van der Waals surface area (Å²) in [6, 6.07) is 0.244. The quantitative estimate of drug-likeness (QED) is 0.674. The van der Waals surface area contributed by atoms with Gasteiger partial charge in [0.25, 0.3) is 0 Å². The highest BCUT2D eigenvalue weighted by Gasteiger charge is 2.39. The summed E-state index contributed by atoms with van der Waals surface area (Å²) >= 11 is 0. The fourth-order valence-corrected chi connectivity index (χ4v) is 6.11. The number of ether oxygens (including phenoxy) is 1. The van der Waals surface area contributed by atoms with Crippen molar-refractivity contribution in [3.63, 3.8) is 0 Å². The second-order valence-corrected chi connectivity index (χ2v) is 9.70. The van der Waals surface area contributed by atoms with Crippen LogP contribution in [0.5, 0.6) is 0 Å². The van der Waals surface area contributed by atoms with Crippen molar-refractivity contribution in [1.82, 2.24) is 14.2 Å². The Morgan fingerprint density at radius 1 is 1.14 bits per heavy atom. The number of piperidine rings is 1. The molecule has 1 aromatic heterocycles. The number of esters is 1. The van der Waals surface area contributed by atoms with Crippen molar-refractivity contribution in [2.24, 2.45) is 5.92 Å². The summed E-state index contributed by atoms with van der Waals surface area (Å²) in [4.78, 5) is 25.1. The largest absolute Gasteiger partial charge is 0.462 e. The van der Waals surface area contributed by atoms with Gasteiger partial charge in [-0.3, -0.25) is 4.79 Å². The first-order valence-electron chi connectivity index (χ1n) is 10.4. The number of aromatic nitrogens is 1. The molecule has 3 rings (SSSR count). The van der Waals surface area contributed by atoms with Crippen LogP contribution in [0.25, 0.3) is 0 Å². The molecule has 1 saturated carbocycles. The van der Waals surface area contributed by atoms with Gasteiger partial charge in [-0.1, -0.05) is 0 Å². The number of hydrogen-bond acceptors (Lipinski definition) is 5. The third-order valence-corrected chi connectivity index (χ3v) is 7.83. The smallest absolute Gasteiger partial charge is 0.341 e. The lowest BCUT2D eigenvalue weighted by atomic mass is 9.99. The highest BCUT2D eigenvalue weighted by Crippen LogP contribution is 2.33. The molecule has 1 N–H and O–H groups in total. The summed E-state index contributed by atoms with van der Waals surface area (Å²) in [6.07, 6.45) is 3.27. The fourth-order valence-electron chi connectivity index (χ4n) is 4.14. The van der Waals surface area contributed by atoms with Gasteiger partial charge in [-0.2, -0.15) is 4.31 Å². The molecule has 0 bridgehead atoms. The molecule has 0 unspecified atom stereocenters. The number of rotatable bonds is 7. The summed E-state index contributed by atoms with van der Waals surface area (Å²) in [5, 5.41) is 2.98. The zero-order valence-corrected chi connectivity index (χ0v) is 18.5. The van der Waals surface area contributed by atoms with Crippen molar-refractivity contribution in [2.75, 3.05) is 19.7 Å². The van der Waals surface area contributed by atoms with Crippen LogP contribution in [0.3, 0.4) is 0 Å². The molecular weight excluding hydrogens is 394 g/mol. The molecule has 1 aliphatic heterocycles. The van der Waals surface area contributed by atoms with Gasteiger partial charge >= 0.3 is 5.97 Å². The van der Waals surface area contributed by atoms with E-state index in [2.05, 4.69) is 5.32 Å². The number of sulfonamides is 1. The predicted octanol–water partition coefficient (Wildman–Crippen LogP) is 1.98. The number of hydrogen-bond donors (Lipinski definition) is 1. The molecule has 2 fully saturated rings. The molecule has 1 atom stereocenters. The number of carbonyl (C=O) groups excluding carboxylic acids is 2. The number of nitrogens with zero attached hydrogens (tertiary/aromatic N) is 2. The lowest BCUT2D eigenvalue weighted by Gasteiger charge is -2.31. The van der Waals surface area contributed by atoms with Crippen LogP contribution in [0.15, 0.2) is 4.90 Å². The Hall–Kier alpha value is -1.87. The van der Waals surface area contributed by atoms with Crippen molar-refractivity contribution in [2.45, 2.75) is 70.9 Å². The molecule has 9 heteroatoms. The number of nitrogens with one attached hydrogen (secondary N) is 1. The maximum atomic E-state index is 13.6. The lowest BCUT2D eigenvalue weighted by Crippen LogP contribution is -2.46. The number of amides is 1. The van der Waals surface area contributed by atoms with Crippen molar-refractivity contribution in [3.05, 3.63) is 17.0 Å². The van der Waals surface area contributed by atoms with E-state index in [4.69, 9.17) is 4.74 Å². The summed E-state index contributed by atoms with van der Waals surface area (Å²) in [5.41, 5.74) is 1.22. The van der Waals surface area contributed by atoms with E-state index in [-0.39, 0.29) is 41.5 Å². The lowest BCUT2D eigenvalue weighted by molar-refractivity contribution is -0.126.